The van der Waals surface area contributed by atoms with E-state index in [1.165, 1.54) is 15.8 Å². The van der Waals surface area contributed by atoms with Crippen molar-refractivity contribution >= 4 is 5.91 Å². The largest absolute Gasteiger partial charge is 0.341 e. The summed E-state index contributed by atoms with van der Waals surface area (Å²) < 4.78 is 1.35. The fourth-order valence-electron chi connectivity index (χ4n) is 4.26. The normalized spacial score (nSPS) is 16.8. The minimum absolute atomic E-state index is 0.00518. The van der Waals surface area contributed by atoms with Crippen LogP contribution in [0.2, 0.25) is 0 Å². The molecular formula is C23H30N4O2. The van der Waals surface area contributed by atoms with Gasteiger partial charge in [-0.25, -0.2) is 4.68 Å². The summed E-state index contributed by atoms with van der Waals surface area (Å²) in [5.74, 6) is 0.00518. The molecule has 0 saturated carbocycles. The Morgan fingerprint density at radius 3 is 2.62 bits per heavy atom. The Morgan fingerprint density at radius 1 is 1.10 bits per heavy atom. The summed E-state index contributed by atoms with van der Waals surface area (Å²) in [4.78, 5) is 29.1. The highest BCUT2D eigenvalue weighted by molar-refractivity contribution is 5.76. The van der Waals surface area contributed by atoms with Crippen molar-refractivity contribution < 1.29 is 4.79 Å². The number of likely N-dealkylation sites (tertiary alicyclic amines) is 1. The molecule has 0 spiro atoms. The maximum atomic E-state index is 12.5. The quantitative estimate of drug-likeness (QED) is 0.753. The van der Waals surface area contributed by atoms with Gasteiger partial charge in [0.1, 0.15) is 6.54 Å². The van der Waals surface area contributed by atoms with E-state index in [4.69, 9.17) is 0 Å². The van der Waals surface area contributed by atoms with Crippen LogP contribution in [0.1, 0.15) is 41.6 Å². The number of fused-ring (bicyclic) bond motifs is 1. The van der Waals surface area contributed by atoms with Crippen LogP contribution in [0.25, 0.3) is 0 Å². The Balaban J connectivity index is 1.33. The fraction of sp³-hybridized carbons (Fsp3) is 0.522. The lowest BCUT2D eigenvalue weighted by atomic mass is 10.0. The van der Waals surface area contributed by atoms with Crippen LogP contribution >= 0.6 is 0 Å². The lowest BCUT2D eigenvalue weighted by Gasteiger charge is -2.28. The van der Waals surface area contributed by atoms with Crippen molar-refractivity contribution in [1.82, 2.24) is 19.6 Å². The van der Waals surface area contributed by atoms with Gasteiger partial charge >= 0.3 is 0 Å². The lowest BCUT2D eigenvalue weighted by Crippen LogP contribution is -2.38. The van der Waals surface area contributed by atoms with Gasteiger partial charge in [-0.1, -0.05) is 29.8 Å². The molecule has 6 heteroatoms. The fourth-order valence-corrected chi connectivity index (χ4v) is 4.26. The van der Waals surface area contributed by atoms with Gasteiger partial charge in [0.05, 0.1) is 5.69 Å². The van der Waals surface area contributed by atoms with Gasteiger partial charge in [-0.05, 0) is 50.3 Å². The number of amides is 1. The molecule has 0 bridgehead atoms. The summed E-state index contributed by atoms with van der Waals surface area (Å²) >= 11 is 0. The number of carbonyl (C=O) groups is 1. The average molecular weight is 395 g/mol. The number of aryl methyl sites for hydroxylation is 2. The van der Waals surface area contributed by atoms with E-state index in [0.717, 1.165) is 76.1 Å². The number of hydrogen-bond acceptors (Lipinski definition) is 4. The number of nitrogens with zero attached hydrogens (tertiary/aromatic N) is 4. The van der Waals surface area contributed by atoms with E-state index in [2.05, 4.69) is 41.2 Å². The second-order valence-electron chi connectivity index (χ2n) is 8.32. The molecule has 4 rings (SSSR count). The monoisotopic (exact) mass is 394 g/mol. The van der Waals surface area contributed by atoms with Crippen molar-refractivity contribution in [2.45, 2.75) is 52.1 Å². The first kappa shape index (κ1) is 19.8. The number of rotatable bonds is 6. The van der Waals surface area contributed by atoms with E-state index < -0.39 is 0 Å². The SMILES string of the molecule is Cc1ccc(CCCN2CCc3nn(CC(=O)N4CCCC4)c(=O)cc3C2)cc1. The molecule has 154 valence electrons. The zero-order chi connectivity index (χ0) is 20.2. The molecule has 1 fully saturated rings. The zero-order valence-corrected chi connectivity index (χ0v) is 17.3. The summed E-state index contributed by atoms with van der Waals surface area (Å²) in [5, 5.41) is 4.52. The maximum Gasteiger partial charge on any atom is 0.267 e. The van der Waals surface area contributed by atoms with Gasteiger partial charge in [0.2, 0.25) is 5.91 Å². The molecular weight excluding hydrogens is 364 g/mol. The van der Waals surface area contributed by atoms with E-state index in [9.17, 15) is 9.59 Å². The highest BCUT2D eigenvalue weighted by Crippen LogP contribution is 2.16. The van der Waals surface area contributed by atoms with Gasteiger partial charge < -0.3 is 4.90 Å². The predicted molar refractivity (Wildman–Crippen MR) is 113 cm³/mol. The van der Waals surface area contributed by atoms with Gasteiger partial charge in [0, 0.05) is 38.7 Å². The molecule has 29 heavy (non-hydrogen) atoms. The Labute approximate surface area is 172 Å². The molecule has 0 N–H and O–H groups in total. The zero-order valence-electron chi connectivity index (χ0n) is 17.3. The van der Waals surface area contributed by atoms with Gasteiger partial charge in [-0.2, -0.15) is 5.10 Å². The maximum absolute atomic E-state index is 12.5. The molecule has 0 unspecified atom stereocenters. The molecule has 3 heterocycles. The highest BCUT2D eigenvalue weighted by atomic mass is 16.2. The molecule has 1 saturated heterocycles. The summed E-state index contributed by atoms with van der Waals surface area (Å²) in [5.41, 5.74) is 4.48. The number of carbonyl (C=O) groups excluding carboxylic acids is 1. The summed E-state index contributed by atoms with van der Waals surface area (Å²) in [6.07, 6.45) is 5.11. The molecule has 2 aliphatic heterocycles. The molecule has 1 aromatic carbocycles. The van der Waals surface area contributed by atoms with E-state index in [1.807, 2.05) is 4.90 Å². The average Bonchev–Trinajstić information content (AvgIpc) is 3.25. The van der Waals surface area contributed by atoms with Crippen molar-refractivity contribution in [3.8, 4) is 0 Å². The first-order valence-electron chi connectivity index (χ1n) is 10.7. The Kier molecular flexibility index (Phi) is 6.09. The molecule has 0 atom stereocenters. The minimum Gasteiger partial charge on any atom is -0.341 e. The summed E-state index contributed by atoms with van der Waals surface area (Å²) in [7, 11) is 0. The standard InChI is InChI=1S/C23H30N4O2/c1-18-6-8-19(9-7-18)5-4-11-25-14-10-21-20(16-25)15-22(28)27(24-21)17-23(29)26-12-2-3-13-26/h6-9,15H,2-5,10-14,16-17H2,1H3. The predicted octanol–water partition coefficient (Wildman–Crippen LogP) is 2.17. The van der Waals surface area contributed by atoms with Gasteiger partial charge in [-0.3, -0.25) is 14.5 Å². The van der Waals surface area contributed by atoms with Gasteiger partial charge in [0.25, 0.3) is 5.56 Å². The molecule has 0 aliphatic carbocycles. The van der Waals surface area contributed by atoms with Gasteiger partial charge in [-0.15, -0.1) is 0 Å². The first-order valence-corrected chi connectivity index (χ1v) is 10.7. The minimum atomic E-state index is -0.169. The second-order valence-corrected chi connectivity index (χ2v) is 8.32. The number of hydrogen-bond donors (Lipinski definition) is 0. The van der Waals surface area contributed by atoms with E-state index >= 15 is 0 Å². The third-order valence-electron chi connectivity index (χ3n) is 6.03. The van der Waals surface area contributed by atoms with Crippen molar-refractivity contribution in [3.05, 3.63) is 63.1 Å². The van der Waals surface area contributed by atoms with Crippen LogP contribution in [-0.4, -0.2) is 51.7 Å². The van der Waals surface area contributed by atoms with Crippen LogP contribution in [0.15, 0.2) is 35.1 Å². The van der Waals surface area contributed by atoms with Crippen LogP contribution in [0.3, 0.4) is 0 Å². The van der Waals surface area contributed by atoms with Crippen LogP contribution in [0.4, 0.5) is 0 Å². The van der Waals surface area contributed by atoms with Crippen LogP contribution in [-0.2, 0) is 30.7 Å². The molecule has 0 radical (unpaired) electrons. The van der Waals surface area contributed by atoms with Crippen LogP contribution in [0.5, 0.6) is 0 Å². The highest BCUT2D eigenvalue weighted by Gasteiger charge is 2.22. The molecule has 1 aromatic heterocycles. The topological polar surface area (TPSA) is 58.4 Å². The lowest BCUT2D eigenvalue weighted by molar-refractivity contribution is -0.131. The third-order valence-corrected chi connectivity index (χ3v) is 6.03. The molecule has 2 aromatic rings. The second kappa shape index (κ2) is 8.91. The van der Waals surface area contributed by atoms with Crippen LogP contribution in [0, 0.1) is 6.92 Å². The van der Waals surface area contributed by atoms with Gasteiger partial charge in [0.15, 0.2) is 0 Å². The van der Waals surface area contributed by atoms with Crippen molar-refractivity contribution in [1.29, 1.82) is 0 Å². The summed E-state index contributed by atoms with van der Waals surface area (Å²) in [6, 6.07) is 10.4. The number of benzene rings is 1. The number of aromatic nitrogens is 2. The Morgan fingerprint density at radius 2 is 1.86 bits per heavy atom. The smallest absolute Gasteiger partial charge is 0.267 e. The summed E-state index contributed by atoms with van der Waals surface area (Å²) in [6.45, 7) is 6.51. The van der Waals surface area contributed by atoms with Crippen molar-refractivity contribution in [3.63, 3.8) is 0 Å². The molecule has 2 aliphatic rings. The Hall–Kier alpha value is -2.47. The van der Waals surface area contributed by atoms with E-state index in [-0.39, 0.29) is 18.0 Å². The molecule has 6 nitrogen and oxygen atoms in total. The van der Waals surface area contributed by atoms with Crippen molar-refractivity contribution in [2.24, 2.45) is 0 Å². The Bertz CT molecular complexity index is 913. The van der Waals surface area contributed by atoms with Crippen LogP contribution < -0.4 is 5.56 Å². The van der Waals surface area contributed by atoms with Crippen molar-refractivity contribution in [2.75, 3.05) is 26.2 Å². The third kappa shape index (κ3) is 4.93. The van der Waals surface area contributed by atoms with E-state index in [1.54, 1.807) is 6.07 Å². The first-order chi connectivity index (χ1) is 14.1. The van der Waals surface area contributed by atoms with E-state index in [0.29, 0.717) is 0 Å². The molecule has 1 amide bonds.